The number of halogens is 1. The fraction of sp³-hybridized carbons (Fsp3) is 0.538. The van der Waals surface area contributed by atoms with Gasteiger partial charge in [0.1, 0.15) is 6.10 Å². The van der Waals surface area contributed by atoms with E-state index in [-0.39, 0.29) is 6.54 Å². The van der Waals surface area contributed by atoms with Crippen LogP contribution in [-0.4, -0.2) is 36.1 Å². The Labute approximate surface area is 134 Å². The number of imidazole rings is 1. The van der Waals surface area contributed by atoms with Gasteiger partial charge < -0.3 is 9.30 Å². The standard InChI is InChI=1S/C13H17BrN4O4/c1-8(19)22-9(6-14)4-5-18-12(20)10-11(15-7-16(10)2)17(3)13(18)21/h7,9H,4-6H2,1-3H3. The molecule has 0 N–H and O–H groups in total. The van der Waals surface area contributed by atoms with E-state index < -0.39 is 23.3 Å². The van der Waals surface area contributed by atoms with Crippen molar-refractivity contribution in [3.8, 4) is 0 Å². The predicted octanol–water partition coefficient (Wildman–Crippen LogP) is 0.150. The molecule has 120 valence electrons. The molecule has 0 saturated carbocycles. The molecule has 2 aromatic rings. The monoisotopic (exact) mass is 372 g/mol. The maximum absolute atomic E-state index is 12.5. The van der Waals surface area contributed by atoms with Gasteiger partial charge in [-0.2, -0.15) is 0 Å². The first-order valence-corrected chi connectivity index (χ1v) is 7.83. The lowest BCUT2D eigenvalue weighted by atomic mass is 10.3. The average molecular weight is 373 g/mol. The van der Waals surface area contributed by atoms with Crippen molar-refractivity contribution in [3.05, 3.63) is 27.2 Å². The topological polar surface area (TPSA) is 88.1 Å². The summed E-state index contributed by atoms with van der Waals surface area (Å²) in [6.07, 6.45) is 1.47. The first kappa shape index (κ1) is 16.5. The van der Waals surface area contributed by atoms with E-state index in [1.54, 1.807) is 18.7 Å². The van der Waals surface area contributed by atoms with E-state index in [1.807, 2.05) is 0 Å². The first-order chi connectivity index (χ1) is 10.4. The largest absolute Gasteiger partial charge is 0.462 e. The lowest BCUT2D eigenvalue weighted by molar-refractivity contribution is -0.145. The number of fused-ring (bicyclic) bond motifs is 1. The number of nitrogens with zero attached hydrogens (tertiary/aromatic N) is 4. The molecule has 1 unspecified atom stereocenters. The van der Waals surface area contributed by atoms with Crippen molar-refractivity contribution in [3.63, 3.8) is 0 Å². The highest BCUT2D eigenvalue weighted by Gasteiger charge is 2.17. The number of rotatable bonds is 5. The normalized spacial score (nSPS) is 12.5. The molecule has 0 amide bonds. The maximum atomic E-state index is 12.5. The van der Waals surface area contributed by atoms with Gasteiger partial charge in [0.2, 0.25) is 0 Å². The summed E-state index contributed by atoms with van der Waals surface area (Å²) in [7, 11) is 3.27. The van der Waals surface area contributed by atoms with Crippen molar-refractivity contribution < 1.29 is 9.53 Å². The molecule has 0 spiro atoms. The third-order valence-electron chi connectivity index (χ3n) is 3.38. The van der Waals surface area contributed by atoms with Crippen molar-refractivity contribution in [2.75, 3.05) is 5.33 Å². The second-order valence-corrected chi connectivity index (χ2v) is 5.65. The summed E-state index contributed by atoms with van der Waals surface area (Å²) in [5.41, 5.74) is -0.114. The van der Waals surface area contributed by atoms with Crippen LogP contribution in [0.1, 0.15) is 13.3 Å². The molecule has 0 bridgehead atoms. The molecular formula is C13H17BrN4O4. The molecule has 0 aliphatic rings. The van der Waals surface area contributed by atoms with Crippen LogP contribution < -0.4 is 11.2 Å². The van der Waals surface area contributed by atoms with Crippen LogP contribution in [0.3, 0.4) is 0 Å². The quantitative estimate of drug-likeness (QED) is 0.550. The summed E-state index contributed by atoms with van der Waals surface area (Å²) in [4.78, 5) is 39.8. The summed E-state index contributed by atoms with van der Waals surface area (Å²) < 4.78 is 9.17. The van der Waals surface area contributed by atoms with Gasteiger partial charge in [-0.3, -0.25) is 18.7 Å². The van der Waals surface area contributed by atoms with Crippen LogP contribution in [0.25, 0.3) is 11.2 Å². The zero-order valence-electron chi connectivity index (χ0n) is 12.6. The van der Waals surface area contributed by atoms with Crippen molar-refractivity contribution >= 4 is 33.1 Å². The van der Waals surface area contributed by atoms with Gasteiger partial charge in [-0.1, -0.05) is 15.9 Å². The minimum Gasteiger partial charge on any atom is -0.462 e. The van der Waals surface area contributed by atoms with Crippen molar-refractivity contribution in [2.24, 2.45) is 14.1 Å². The third kappa shape index (κ3) is 2.99. The van der Waals surface area contributed by atoms with Crippen molar-refractivity contribution in [1.82, 2.24) is 18.7 Å². The maximum Gasteiger partial charge on any atom is 0.332 e. The average Bonchev–Trinajstić information content (AvgIpc) is 2.85. The number of ether oxygens (including phenoxy) is 1. The lowest BCUT2D eigenvalue weighted by Gasteiger charge is -2.15. The van der Waals surface area contributed by atoms with Crippen LogP contribution in [0, 0.1) is 0 Å². The van der Waals surface area contributed by atoms with Crippen LogP contribution in [0.4, 0.5) is 0 Å². The van der Waals surface area contributed by atoms with Crippen LogP contribution in [0.15, 0.2) is 15.9 Å². The van der Waals surface area contributed by atoms with Crippen LogP contribution >= 0.6 is 15.9 Å². The summed E-state index contributed by atoms with van der Waals surface area (Å²) >= 11 is 3.25. The molecule has 0 fully saturated rings. The van der Waals surface area contributed by atoms with E-state index in [4.69, 9.17) is 4.74 Å². The summed E-state index contributed by atoms with van der Waals surface area (Å²) in [5, 5.41) is 0.440. The number of carbonyl (C=O) groups is 1. The molecule has 2 aromatic heterocycles. The van der Waals surface area contributed by atoms with Gasteiger partial charge in [-0.15, -0.1) is 0 Å². The van der Waals surface area contributed by atoms with E-state index in [0.717, 1.165) is 4.57 Å². The Bertz CT molecular complexity index is 820. The van der Waals surface area contributed by atoms with Gasteiger partial charge in [0.25, 0.3) is 5.56 Å². The Hall–Kier alpha value is -1.90. The van der Waals surface area contributed by atoms with Crippen LogP contribution in [-0.2, 0) is 30.2 Å². The first-order valence-electron chi connectivity index (χ1n) is 6.70. The molecule has 0 aliphatic heterocycles. The summed E-state index contributed by atoms with van der Waals surface area (Å²) in [6.45, 7) is 1.48. The molecule has 8 nitrogen and oxygen atoms in total. The molecule has 0 aliphatic carbocycles. The number of aryl methyl sites for hydroxylation is 2. The summed E-state index contributed by atoms with van der Waals surface area (Å²) in [6, 6.07) is 0. The predicted molar refractivity (Wildman–Crippen MR) is 84.2 cm³/mol. The van der Waals surface area contributed by atoms with Gasteiger partial charge >= 0.3 is 11.7 Å². The van der Waals surface area contributed by atoms with Crippen LogP contribution in [0.5, 0.6) is 0 Å². The molecule has 22 heavy (non-hydrogen) atoms. The van der Waals surface area contributed by atoms with E-state index in [2.05, 4.69) is 20.9 Å². The van der Waals surface area contributed by atoms with Gasteiger partial charge in [-0.05, 0) is 0 Å². The van der Waals surface area contributed by atoms with Gasteiger partial charge in [0.15, 0.2) is 11.2 Å². The van der Waals surface area contributed by atoms with E-state index >= 15 is 0 Å². The number of alkyl halides is 1. The molecule has 2 rings (SSSR count). The fourth-order valence-electron chi connectivity index (χ4n) is 2.27. The second kappa shape index (κ2) is 6.47. The smallest absolute Gasteiger partial charge is 0.332 e. The summed E-state index contributed by atoms with van der Waals surface area (Å²) in [5.74, 6) is -0.396. The molecule has 0 radical (unpaired) electrons. The Morgan fingerprint density at radius 3 is 2.68 bits per heavy atom. The number of hydrogen-bond acceptors (Lipinski definition) is 5. The highest BCUT2D eigenvalue weighted by Crippen LogP contribution is 2.06. The molecule has 9 heteroatoms. The highest BCUT2D eigenvalue weighted by molar-refractivity contribution is 9.09. The molecule has 0 aromatic carbocycles. The Kier molecular flexibility index (Phi) is 4.84. The third-order valence-corrected chi connectivity index (χ3v) is 4.10. The Balaban J connectivity index is 2.39. The Morgan fingerprint density at radius 1 is 1.41 bits per heavy atom. The molecular weight excluding hydrogens is 356 g/mol. The Morgan fingerprint density at radius 2 is 2.09 bits per heavy atom. The number of aromatic nitrogens is 4. The highest BCUT2D eigenvalue weighted by atomic mass is 79.9. The number of esters is 1. The fourth-order valence-corrected chi connectivity index (χ4v) is 2.72. The number of carbonyl (C=O) groups excluding carboxylic acids is 1. The minimum atomic E-state index is -0.438. The minimum absolute atomic E-state index is 0.163. The lowest BCUT2D eigenvalue weighted by Crippen LogP contribution is -2.40. The van der Waals surface area contributed by atoms with Gasteiger partial charge in [-0.25, -0.2) is 9.78 Å². The van der Waals surface area contributed by atoms with E-state index in [9.17, 15) is 14.4 Å². The zero-order valence-corrected chi connectivity index (χ0v) is 14.2. The van der Waals surface area contributed by atoms with Gasteiger partial charge in [0.05, 0.1) is 6.33 Å². The van der Waals surface area contributed by atoms with Crippen molar-refractivity contribution in [1.29, 1.82) is 0 Å². The SMILES string of the molecule is CC(=O)OC(CBr)CCn1c(=O)c2c(ncn2C)n(C)c1=O. The van der Waals surface area contributed by atoms with Crippen molar-refractivity contribution in [2.45, 2.75) is 26.0 Å². The molecule has 0 saturated heterocycles. The van der Waals surface area contributed by atoms with E-state index in [1.165, 1.54) is 17.8 Å². The van der Waals surface area contributed by atoms with Gasteiger partial charge in [0, 0.05) is 39.3 Å². The zero-order chi connectivity index (χ0) is 16.4. The van der Waals surface area contributed by atoms with Crippen LogP contribution in [0.2, 0.25) is 0 Å². The number of hydrogen-bond donors (Lipinski definition) is 0. The molecule has 1 atom stereocenters. The van der Waals surface area contributed by atoms with E-state index in [0.29, 0.717) is 22.9 Å². The molecule has 2 heterocycles. The second-order valence-electron chi connectivity index (χ2n) is 5.00.